The summed E-state index contributed by atoms with van der Waals surface area (Å²) >= 11 is 9.98. The summed E-state index contributed by atoms with van der Waals surface area (Å²) in [5.41, 5.74) is 3.66. The van der Waals surface area contributed by atoms with Crippen LogP contribution in [0.4, 0.5) is 5.69 Å². The molecule has 7 heteroatoms. The van der Waals surface area contributed by atoms with Crippen molar-refractivity contribution in [1.82, 2.24) is 0 Å². The van der Waals surface area contributed by atoms with Gasteiger partial charge in [0.2, 0.25) is 0 Å². The Bertz CT molecular complexity index is 956. The van der Waals surface area contributed by atoms with Crippen molar-refractivity contribution in [3.63, 3.8) is 0 Å². The molecule has 0 saturated carbocycles. The zero-order valence-electron chi connectivity index (χ0n) is 14.4. The summed E-state index contributed by atoms with van der Waals surface area (Å²) in [5, 5.41) is 9.93. The highest BCUT2D eigenvalue weighted by atomic mass is 79.9. The highest BCUT2D eigenvalue weighted by Crippen LogP contribution is 2.40. The van der Waals surface area contributed by atoms with E-state index in [1.54, 1.807) is 23.1 Å². The van der Waals surface area contributed by atoms with Crippen molar-refractivity contribution >= 4 is 61.9 Å². The number of benzene rings is 2. The minimum atomic E-state index is -0.157. The van der Waals surface area contributed by atoms with Crippen molar-refractivity contribution in [2.75, 3.05) is 12.0 Å². The Hall–Kier alpha value is -1.83. The van der Waals surface area contributed by atoms with Crippen molar-refractivity contribution in [1.29, 1.82) is 0 Å². The van der Waals surface area contributed by atoms with Crippen molar-refractivity contribution in [2.24, 2.45) is 0 Å². The van der Waals surface area contributed by atoms with E-state index in [4.69, 9.17) is 17.0 Å². The molecular weight excluding hydrogens is 434 g/mol. The van der Waals surface area contributed by atoms with Gasteiger partial charge >= 0.3 is 0 Å². The molecule has 0 bridgehead atoms. The number of carbonyl (C=O) groups excluding carboxylic acids is 1. The van der Waals surface area contributed by atoms with Gasteiger partial charge in [0, 0.05) is 0 Å². The second-order valence-electron chi connectivity index (χ2n) is 5.86. The third-order valence-electron chi connectivity index (χ3n) is 3.96. The number of hydrogen-bond donors (Lipinski definition) is 1. The molecule has 1 saturated heterocycles. The summed E-state index contributed by atoms with van der Waals surface area (Å²) in [7, 11) is 1.48. The average Bonchev–Trinajstić information content (AvgIpc) is 2.85. The molecule has 1 N–H and O–H groups in total. The molecule has 26 heavy (non-hydrogen) atoms. The molecule has 1 aliphatic heterocycles. The van der Waals surface area contributed by atoms with Crippen LogP contribution in [0.3, 0.4) is 0 Å². The normalized spacial score (nSPS) is 15.8. The maximum absolute atomic E-state index is 12.9. The first-order chi connectivity index (χ1) is 12.3. The van der Waals surface area contributed by atoms with Crippen LogP contribution in [0.5, 0.6) is 11.5 Å². The van der Waals surface area contributed by atoms with Gasteiger partial charge in [-0.05, 0) is 65.2 Å². The van der Waals surface area contributed by atoms with Crippen LogP contribution in [0.1, 0.15) is 16.7 Å². The number of anilines is 1. The summed E-state index contributed by atoms with van der Waals surface area (Å²) in [6.45, 7) is 3.98. The van der Waals surface area contributed by atoms with Crippen LogP contribution in [0.25, 0.3) is 6.08 Å². The summed E-state index contributed by atoms with van der Waals surface area (Å²) in [4.78, 5) is 15.0. The van der Waals surface area contributed by atoms with Crippen LogP contribution in [0.2, 0.25) is 0 Å². The monoisotopic (exact) mass is 449 g/mol. The zero-order chi connectivity index (χ0) is 19.0. The topological polar surface area (TPSA) is 49.8 Å². The highest BCUT2D eigenvalue weighted by Gasteiger charge is 2.34. The molecular formula is C19H16BrNO3S2. The Balaban J connectivity index is 1.99. The van der Waals surface area contributed by atoms with E-state index in [9.17, 15) is 9.90 Å². The fourth-order valence-corrected chi connectivity index (χ4v) is 4.46. The highest BCUT2D eigenvalue weighted by molar-refractivity contribution is 9.10. The smallest absolute Gasteiger partial charge is 0.270 e. The SMILES string of the molecule is COc1cc(C=C2SC(=S)N(c3ccc(C)cc3C)C2=O)cc(Br)c1O. The van der Waals surface area contributed by atoms with Gasteiger partial charge in [-0.15, -0.1) is 0 Å². The summed E-state index contributed by atoms with van der Waals surface area (Å²) < 4.78 is 6.15. The van der Waals surface area contributed by atoms with Gasteiger partial charge in [-0.1, -0.05) is 41.7 Å². The van der Waals surface area contributed by atoms with Crippen molar-refractivity contribution in [3.05, 3.63) is 56.4 Å². The van der Waals surface area contributed by atoms with E-state index in [1.807, 2.05) is 32.0 Å². The van der Waals surface area contributed by atoms with Crippen LogP contribution in [-0.2, 0) is 4.79 Å². The van der Waals surface area contributed by atoms with Crippen LogP contribution in [-0.4, -0.2) is 22.4 Å². The molecule has 1 heterocycles. The minimum absolute atomic E-state index is 0.0208. The Morgan fingerprint density at radius 1 is 1.27 bits per heavy atom. The Morgan fingerprint density at radius 3 is 2.65 bits per heavy atom. The number of halogens is 1. The number of hydrogen-bond acceptors (Lipinski definition) is 5. The largest absolute Gasteiger partial charge is 0.503 e. The molecule has 2 aromatic carbocycles. The van der Waals surface area contributed by atoms with Gasteiger partial charge < -0.3 is 9.84 Å². The Labute approximate surface area is 170 Å². The van der Waals surface area contributed by atoms with Gasteiger partial charge in [0.1, 0.15) is 0 Å². The predicted molar refractivity (Wildman–Crippen MR) is 114 cm³/mol. The molecule has 0 spiro atoms. The third-order valence-corrected chi connectivity index (χ3v) is 5.86. The van der Waals surface area contributed by atoms with Gasteiger partial charge in [0.05, 0.1) is 22.2 Å². The Morgan fingerprint density at radius 2 is 2.00 bits per heavy atom. The molecule has 4 nitrogen and oxygen atoms in total. The molecule has 3 rings (SSSR count). The van der Waals surface area contributed by atoms with E-state index < -0.39 is 0 Å². The van der Waals surface area contributed by atoms with Gasteiger partial charge in [-0.2, -0.15) is 0 Å². The van der Waals surface area contributed by atoms with E-state index in [0.29, 0.717) is 19.4 Å². The lowest BCUT2D eigenvalue weighted by Gasteiger charge is -2.17. The molecule has 134 valence electrons. The number of rotatable bonds is 3. The maximum atomic E-state index is 12.9. The first-order valence-electron chi connectivity index (χ1n) is 7.73. The molecule has 0 atom stereocenters. The fraction of sp³-hybridized carbons (Fsp3) is 0.158. The number of aryl methyl sites for hydroxylation is 2. The molecule has 0 aliphatic carbocycles. The number of methoxy groups -OCH3 is 1. The minimum Gasteiger partial charge on any atom is -0.503 e. The van der Waals surface area contributed by atoms with E-state index in [1.165, 1.54) is 18.9 Å². The fourth-order valence-electron chi connectivity index (χ4n) is 2.72. The lowest BCUT2D eigenvalue weighted by molar-refractivity contribution is -0.113. The lowest BCUT2D eigenvalue weighted by Crippen LogP contribution is -2.28. The number of thioether (sulfide) groups is 1. The van der Waals surface area contributed by atoms with Crippen molar-refractivity contribution in [2.45, 2.75) is 13.8 Å². The number of ether oxygens (including phenoxy) is 1. The number of phenolic OH excluding ortho intramolecular Hbond substituents is 1. The Kier molecular flexibility index (Phi) is 5.41. The van der Waals surface area contributed by atoms with Crippen molar-refractivity contribution < 1.29 is 14.6 Å². The van der Waals surface area contributed by atoms with Gasteiger partial charge in [-0.3, -0.25) is 9.69 Å². The molecule has 0 radical (unpaired) electrons. The van der Waals surface area contributed by atoms with Crippen LogP contribution in [0, 0.1) is 13.8 Å². The summed E-state index contributed by atoms with van der Waals surface area (Å²) in [6, 6.07) is 9.30. The van der Waals surface area contributed by atoms with E-state index in [-0.39, 0.29) is 11.7 Å². The summed E-state index contributed by atoms with van der Waals surface area (Å²) in [6.07, 6.45) is 1.75. The number of phenols is 1. The first-order valence-corrected chi connectivity index (χ1v) is 9.75. The molecule has 0 aromatic heterocycles. The molecule has 0 unspecified atom stereocenters. The first kappa shape index (κ1) is 18.9. The van der Waals surface area contributed by atoms with Crippen LogP contribution >= 0.6 is 39.9 Å². The van der Waals surface area contributed by atoms with Crippen molar-refractivity contribution in [3.8, 4) is 11.5 Å². The van der Waals surface area contributed by atoms with Gasteiger partial charge in [0.15, 0.2) is 15.8 Å². The lowest BCUT2D eigenvalue weighted by atomic mass is 10.1. The second-order valence-corrected chi connectivity index (χ2v) is 8.39. The molecule has 1 aliphatic rings. The average molecular weight is 450 g/mol. The predicted octanol–water partition coefficient (Wildman–Crippen LogP) is 5.19. The number of thiocarbonyl (C=S) groups is 1. The second kappa shape index (κ2) is 7.42. The molecule has 2 aromatic rings. The van der Waals surface area contributed by atoms with Crippen LogP contribution in [0.15, 0.2) is 39.7 Å². The van der Waals surface area contributed by atoms with E-state index in [2.05, 4.69) is 15.9 Å². The van der Waals surface area contributed by atoms with Gasteiger partial charge in [-0.25, -0.2) is 0 Å². The van der Waals surface area contributed by atoms with Crippen LogP contribution < -0.4 is 9.64 Å². The molecule has 1 fully saturated rings. The number of nitrogens with zero attached hydrogens (tertiary/aromatic N) is 1. The zero-order valence-corrected chi connectivity index (χ0v) is 17.6. The van der Waals surface area contributed by atoms with E-state index in [0.717, 1.165) is 22.4 Å². The number of carbonyl (C=O) groups is 1. The number of aromatic hydroxyl groups is 1. The summed E-state index contributed by atoms with van der Waals surface area (Å²) in [5.74, 6) is 0.193. The quantitative estimate of drug-likeness (QED) is 0.516. The maximum Gasteiger partial charge on any atom is 0.270 e. The molecule has 1 amide bonds. The standard InChI is InChI=1S/C19H16BrNO3S2/c1-10-4-5-14(11(2)6-10)21-18(23)16(26-19(21)25)9-12-7-13(20)17(22)15(8-12)24-3/h4-9,22H,1-3H3. The van der Waals surface area contributed by atoms with E-state index >= 15 is 0 Å². The third kappa shape index (κ3) is 3.51. The number of amides is 1. The van der Waals surface area contributed by atoms with Gasteiger partial charge in [0.25, 0.3) is 5.91 Å².